The molecule has 0 spiro atoms. The van der Waals surface area contributed by atoms with Crippen molar-refractivity contribution >= 4 is 12.1 Å². The number of pyridine rings is 1. The van der Waals surface area contributed by atoms with Gasteiger partial charge in [0.2, 0.25) is 0 Å². The lowest BCUT2D eigenvalue weighted by Crippen LogP contribution is -2.12. The van der Waals surface area contributed by atoms with Crippen molar-refractivity contribution in [2.45, 2.75) is 6.92 Å². The Morgan fingerprint density at radius 2 is 2.17 bits per heavy atom. The molecule has 0 unspecified atom stereocenters. The van der Waals surface area contributed by atoms with E-state index in [2.05, 4.69) is 4.98 Å². The second-order valence-electron chi connectivity index (χ2n) is 2.92. The van der Waals surface area contributed by atoms with Gasteiger partial charge in [-0.05, 0) is 18.6 Å². The molecule has 1 heterocycles. The van der Waals surface area contributed by atoms with Crippen LogP contribution in [-0.4, -0.2) is 25.4 Å². The molecule has 0 saturated heterocycles. The van der Waals surface area contributed by atoms with E-state index in [1.807, 2.05) is 32.0 Å². The average Bonchev–Trinajstić information content (AvgIpc) is 2.03. The summed E-state index contributed by atoms with van der Waals surface area (Å²) in [5.41, 5.74) is 1.64. The summed E-state index contributed by atoms with van der Waals surface area (Å²) in [7, 11) is 3.85. The normalized spacial score (nSPS) is 9.58. The number of carbonyl (C=O) groups excluding carboxylic acids is 1. The second kappa shape index (κ2) is 3.34. The van der Waals surface area contributed by atoms with Crippen LogP contribution in [0, 0.1) is 6.92 Å². The molecule has 3 heteroatoms. The average molecular weight is 164 g/mol. The van der Waals surface area contributed by atoms with E-state index in [0.717, 1.165) is 17.7 Å². The van der Waals surface area contributed by atoms with Gasteiger partial charge < -0.3 is 4.90 Å². The molecule has 1 aromatic heterocycles. The molecule has 0 aliphatic rings. The Hall–Kier alpha value is -1.38. The molecule has 1 rings (SSSR count). The number of aryl methyl sites for hydroxylation is 1. The summed E-state index contributed by atoms with van der Waals surface area (Å²) in [6, 6.07) is 1.83. The number of carbonyl (C=O) groups is 1. The van der Waals surface area contributed by atoms with Gasteiger partial charge in [0.1, 0.15) is 5.82 Å². The zero-order valence-corrected chi connectivity index (χ0v) is 7.53. The van der Waals surface area contributed by atoms with Gasteiger partial charge in [-0.1, -0.05) is 0 Å². The minimum absolute atomic E-state index is 0.623. The van der Waals surface area contributed by atoms with Crippen LogP contribution >= 0.6 is 0 Å². The van der Waals surface area contributed by atoms with Crippen molar-refractivity contribution < 1.29 is 4.79 Å². The first kappa shape index (κ1) is 8.71. The summed E-state index contributed by atoms with van der Waals surface area (Å²) in [6.07, 6.45) is 2.38. The summed E-state index contributed by atoms with van der Waals surface area (Å²) in [4.78, 5) is 16.5. The smallest absolute Gasteiger partial charge is 0.151 e. The fourth-order valence-corrected chi connectivity index (χ4v) is 1.12. The number of anilines is 1. The van der Waals surface area contributed by atoms with Crippen LogP contribution in [0.15, 0.2) is 12.3 Å². The van der Waals surface area contributed by atoms with Gasteiger partial charge >= 0.3 is 0 Å². The zero-order chi connectivity index (χ0) is 9.14. The fourth-order valence-electron chi connectivity index (χ4n) is 1.12. The Bertz CT molecular complexity index is 295. The maximum absolute atomic E-state index is 10.4. The molecule has 0 saturated carbocycles. The molecule has 0 aliphatic carbocycles. The number of hydrogen-bond donors (Lipinski definition) is 0. The Balaban J connectivity index is 3.11. The highest BCUT2D eigenvalue weighted by Gasteiger charge is 2.01. The lowest BCUT2D eigenvalue weighted by atomic mass is 10.2. The molecule has 12 heavy (non-hydrogen) atoms. The number of nitrogens with zero attached hydrogens (tertiary/aromatic N) is 2. The highest BCUT2D eigenvalue weighted by Crippen LogP contribution is 2.13. The number of rotatable bonds is 2. The summed E-state index contributed by atoms with van der Waals surface area (Å²) in [6.45, 7) is 1.94. The SMILES string of the molecule is Cc1cc(C=O)cnc1N(C)C. The second-order valence-corrected chi connectivity index (χ2v) is 2.92. The van der Waals surface area contributed by atoms with Gasteiger partial charge in [-0.2, -0.15) is 0 Å². The summed E-state index contributed by atoms with van der Waals surface area (Å²) in [5.74, 6) is 0.903. The lowest BCUT2D eigenvalue weighted by molar-refractivity contribution is 0.112. The lowest BCUT2D eigenvalue weighted by Gasteiger charge is -2.13. The van der Waals surface area contributed by atoms with Crippen LogP contribution in [0.2, 0.25) is 0 Å². The van der Waals surface area contributed by atoms with Crippen LogP contribution in [0.3, 0.4) is 0 Å². The van der Waals surface area contributed by atoms with Crippen LogP contribution in [0.25, 0.3) is 0 Å². The van der Waals surface area contributed by atoms with E-state index in [4.69, 9.17) is 0 Å². The molecule has 0 fully saturated rings. The predicted octanol–water partition coefficient (Wildman–Crippen LogP) is 1.27. The molecular weight excluding hydrogens is 152 g/mol. The predicted molar refractivity (Wildman–Crippen MR) is 48.7 cm³/mol. The first-order chi connectivity index (χ1) is 5.65. The Kier molecular flexibility index (Phi) is 2.43. The first-order valence-corrected chi connectivity index (χ1v) is 3.74. The van der Waals surface area contributed by atoms with E-state index in [1.165, 1.54) is 0 Å². The van der Waals surface area contributed by atoms with Crippen LogP contribution in [0.5, 0.6) is 0 Å². The monoisotopic (exact) mass is 164 g/mol. The molecule has 0 atom stereocenters. The maximum atomic E-state index is 10.4. The molecule has 0 radical (unpaired) electrons. The molecule has 0 aliphatic heterocycles. The fraction of sp³-hybridized carbons (Fsp3) is 0.333. The van der Waals surface area contributed by atoms with Gasteiger partial charge in [-0.15, -0.1) is 0 Å². The minimum Gasteiger partial charge on any atom is -0.363 e. The maximum Gasteiger partial charge on any atom is 0.151 e. The van der Waals surface area contributed by atoms with Crippen molar-refractivity contribution in [3.05, 3.63) is 23.4 Å². The summed E-state index contributed by atoms with van der Waals surface area (Å²) < 4.78 is 0. The van der Waals surface area contributed by atoms with E-state index in [1.54, 1.807) is 6.20 Å². The number of aldehydes is 1. The summed E-state index contributed by atoms with van der Waals surface area (Å²) in [5, 5.41) is 0. The topological polar surface area (TPSA) is 33.2 Å². The first-order valence-electron chi connectivity index (χ1n) is 3.74. The third-order valence-electron chi connectivity index (χ3n) is 1.63. The minimum atomic E-state index is 0.623. The number of hydrogen-bond acceptors (Lipinski definition) is 3. The molecular formula is C9H12N2O. The van der Waals surface area contributed by atoms with E-state index in [9.17, 15) is 4.79 Å². The molecule has 0 N–H and O–H groups in total. The van der Waals surface area contributed by atoms with Crippen LogP contribution in [0.4, 0.5) is 5.82 Å². The van der Waals surface area contributed by atoms with Crippen molar-refractivity contribution in [2.75, 3.05) is 19.0 Å². The third kappa shape index (κ3) is 1.61. The highest BCUT2D eigenvalue weighted by atomic mass is 16.1. The standard InChI is InChI=1S/C9H12N2O/c1-7-4-8(6-12)5-10-9(7)11(2)3/h4-6H,1-3H3. The Labute approximate surface area is 72.0 Å². The van der Waals surface area contributed by atoms with Crippen molar-refractivity contribution in [3.63, 3.8) is 0 Å². The van der Waals surface area contributed by atoms with Gasteiger partial charge in [-0.25, -0.2) is 4.98 Å². The van der Waals surface area contributed by atoms with Crippen LogP contribution in [0.1, 0.15) is 15.9 Å². The van der Waals surface area contributed by atoms with Crippen LogP contribution in [-0.2, 0) is 0 Å². The van der Waals surface area contributed by atoms with Gasteiger partial charge in [0.15, 0.2) is 6.29 Å². The quantitative estimate of drug-likeness (QED) is 0.617. The van der Waals surface area contributed by atoms with E-state index >= 15 is 0 Å². The Morgan fingerprint density at radius 1 is 1.50 bits per heavy atom. The van der Waals surface area contributed by atoms with Gasteiger partial charge in [0.05, 0.1) is 0 Å². The molecule has 0 aromatic carbocycles. The van der Waals surface area contributed by atoms with Gasteiger partial charge in [0, 0.05) is 25.9 Å². The van der Waals surface area contributed by atoms with E-state index in [0.29, 0.717) is 5.56 Å². The third-order valence-corrected chi connectivity index (χ3v) is 1.63. The van der Waals surface area contributed by atoms with Crippen LogP contribution < -0.4 is 4.90 Å². The molecule has 0 bridgehead atoms. The van der Waals surface area contributed by atoms with Crippen molar-refractivity contribution in [2.24, 2.45) is 0 Å². The van der Waals surface area contributed by atoms with Gasteiger partial charge in [-0.3, -0.25) is 4.79 Å². The summed E-state index contributed by atoms with van der Waals surface area (Å²) >= 11 is 0. The van der Waals surface area contributed by atoms with Crippen molar-refractivity contribution in [1.82, 2.24) is 4.98 Å². The molecule has 1 aromatic rings. The van der Waals surface area contributed by atoms with Crippen molar-refractivity contribution in [3.8, 4) is 0 Å². The van der Waals surface area contributed by atoms with Gasteiger partial charge in [0.25, 0.3) is 0 Å². The highest BCUT2D eigenvalue weighted by molar-refractivity contribution is 5.75. The number of aromatic nitrogens is 1. The largest absolute Gasteiger partial charge is 0.363 e. The molecule has 3 nitrogen and oxygen atoms in total. The Morgan fingerprint density at radius 3 is 2.58 bits per heavy atom. The molecule has 64 valence electrons. The van der Waals surface area contributed by atoms with E-state index in [-0.39, 0.29) is 0 Å². The molecule has 0 amide bonds. The zero-order valence-electron chi connectivity index (χ0n) is 7.53. The van der Waals surface area contributed by atoms with E-state index < -0.39 is 0 Å². The van der Waals surface area contributed by atoms with Crippen molar-refractivity contribution in [1.29, 1.82) is 0 Å².